The molecule has 1 atom stereocenters. The number of nitrogens with one attached hydrogen (secondary N) is 1. The highest BCUT2D eigenvalue weighted by atomic mass is 32.1. The van der Waals surface area contributed by atoms with Crippen molar-refractivity contribution in [3.8, 4) is 0 Å². The van der Waals surface area contributed by atoms with Gasteiger partial charge in [0.1, 0.15) is 4.88 Å². The number of aryl methyl sites for hydroxylation is 1. The predicted octanol–water partition coefficient (Wildman–Crippen LogP) is 1.42. The molecule has 0 saturated carbocycles. The Labute approximate surface area is 123 Å². The first-order chi connectivity index (χ1) is 9.81. The molecule has 1 unspecified atom stereocenters. The van der Waals surface area contributed by atoms with Crippen molar-refractivity contribution < 1.29 is 14.3 Å². The first kappa shape index (κ1) is 15.3. The lowest BCUT2D eigenvalue weighted by Gasteiger charge is -2.10. The maximum absolute atomic E-state index is 11.9. The van der Waals surface area contributed by atoms with Crippen molar-refractivity contribution in [1.82, 2.24) is 14.9 Å². The molecule has 1 fully saturated rings. The number of carbonyl (C=O) groups excluding carboxylic acids is 1. The number of nitrogens with zero attached hydrogens (tertiary/aromatic N) is 2. The van der Waals surface area contributed by atoms with Crippen LogP contribution in [-0.4, -0.2) is 48.0 Å². The van der Waals surface area contributed by atoms with Crippen LogP contribution in [0.3, 0.4) is 0 Å². The highest BCUT2D eigenvalue weighted by Gasteiger charge is 2.15. The number of ether oxygens (including phenoxy) is 2. The largest absolute Gasteiger partial charge is 0.379 e. The van der Waals surface area contributed by atoms with Gasteiger partial charge in [0.05, 0.1) is 18.4 Å². The topological polar surface area (TPSA) is 73.3 Å². The molecule has 0 aromatic carbocycles. The molecule has 1 aliphatic rings. The van der Waals surface area contributed by atoms with E-state index in [2.05, 4.69) is 14.9 Å². The third kappa shape index (κ3) is 4.50. The molecule has 2 rings (SSSR count). The zero-order chi connectivity index (χ0) is 14.2. The number of rotatable bonds is 8. The quantitative estimate of drug-likeness (QED) is 0.735. The van der Waals surface area contributed by atoms with Crippen LogP contribution in [0.25, 0.3) is 0 Å². The first-order valence-corrected chi connectivity index (χ1v) is 7.87. The summed E-state index contributed by atoms with van der Waals surface area (Å²) in [5, 5.41) is 6.80. The van der Waals surface area contributed by atoms with E-state index in [-0.39, 0.29) is 12.0 Å². The Balaban J connectivity index is 1.55. The summed E-state index contributed by atoms with van der Waals surface area (Å²) in [5.41, 5.74) is 0.766. The zero-order valence-electron chi connectivity index (χ0n) is 11.8. The predicted molar refractivity (Wildman–Crippen MR) is 76.0 cm³/mol. The van der Waals surface area contributed by atoms with Gasteiger partial charge in [0.25, 0.3) is 5.91 Å². The van der Waals surface area contributed by atoms with E-state index in [1.54, 1.807) is 0 Å². The average molecular weight is 299 g/mol. The van der Waals surface area contributed by atoms with Gasteiger partial charge in [-0.25, -0.2) is 0 Å². The van der Waals surface area contributed by atoms with Crippen molar-refractivity contribution in [3.63, 3.8) is 0 Å². The van der Waals surface area contributed by atoms with E-state index in [1.807, 2.05) is 6.92 Å². The lowest BCUT2D eigenvalue weighted by Crippen LogP contribution is -2.25. The number of aromatic nitrogens is 2. The number of carbonyl (C=O) groups is 1. The number of hydrogen-bond acceptors (Lipinski definition) is 6. The van der Waals surface area contributed by atoms with Crippen molar-refractivity contribution in [3.05, 3.63) is 10.6 Å². The molecule has 0 radical (unpaired) electrons. The Kier molecular flexibility index (Phi) is 6.35. The monoisotopic (exact) mass is 299 g/mol. The van der Waals surface area contributed by atoms with E-state index in [9.17, 15) is 4.79 Å². The van der Waals surface area contributed by atoms with Gasteiger partial charge in [0.15, 0.2) is 0 Å². The maximum Gasteiger partial charge on any atom is 0.264 e. The fourth-order valence-electron chi connectivity index (χ4n) is 2.06. The Bertz CT molecular complexity index is 419. The SMILES string of the molecule is CCc1nnsc1C(=O)NCCCOCC1CCCO1. The third-order valence-corrected chi connectivity index (χ3v) is 3.94. The lowest BCUT2D eigenvalue weighted by atomic mass is 10.2. The lowest BCUT2D eigenvalue weighted by molar-refractivity contribution is 0.0166. The average Bonchev–Trinajstić information content (AvgIpc) is 3.12. The summed E-state index contributed by atoms with van der Waals surface area (Å²) < 4.78 is 14.8. The van der Waals surface area contributed by atoms with Crippen LogP contribution in [0.1, 0.15) is 41.6 Å². The normalized spacial score (nSPS) is 18.4. The van der Waals surface area contributed by atoms with Crippen LogP contribution in [0.5, 0.6) is 0 Å². The molecule has 1 aromatic rings. The van der Waals surface area contributed by atoms with Crippen molar-refractivity contribution in [1.29, 1.82) is 0 Å². The zero-order valence-corrected chi connectivity index (χ0v) is 12.6. The molecule has 6 nitrogen and oxygen atoms in total. The first-order valence-electron chi connectivity index (χ1n) is 7.10. The Hall–Kier alpha value is -1.05. The van der Waals surface area contributed by atoms with Crippen LogP contribution in [0.2, 0.25) is 0 Å². The summed E-state index contributed by atoms with van der Waals surface area (Å²) in [7, 11) is 0. The van der Waals surface area contributed by atoms with Gasteiger partial charge in [-0.1, -0.05) is 11.4 Å². The van der Waals surface area contributed by atoms with Gasteiger partial charge >= 0.3 is 0 Å². The van der Waals surface area contributed by atoms with Crippen LogP contribution in [0, 0.1) is 0 Å². The number of amides is 1. The van der Waals surface area contributed by atoms with Crippen molar-refractivity contribution in [2.24, 2.45) is 0 Å². The molecular formula is C13H21N3O3S. The molecule has 0 aliphatic carbocycles. The second-order valence-electron chi connectivity index (χ2n) is 4.72. The van der Waals surface area contributed by atoms with Crippen molar-refractivity contribution in [2.45, 2.75) is 38.7 Å². The minimum atomic E-state index is -0.0871. The van der Waals surface area contributed by atoms with Gasteiger partial charge < -0.3 is 14.8 Å². The van der Waals surface area contributed by atoms with Gasteiger partial charge in [-0.15, -0.1) is 5.10 Å². The molecule has 7 heteroatoms. The van der Waals surface area contributed by atoms with E-state index < -0.39 is 0 Å². The smallest absolute Gasteiger partial charge is 0.264 e. The highest BCUT2D eigenvalue weighted by Crippen LogP contribution is 2.12. The van der Waals surface area contributed by atoms with Crippen LogP contribution < -0.4 is 5.32 Å². The molecule has 1 saturated heterocycles. The van der Waals surface area contributed by atoms with Crippen molar-refractivity contribution in [2.75, 3.05) is 26.4 Å². The minimum absolute atomic E-state index is 0.0871. The molecule has 1 N–H and O–H groups in total. The molecule has 1 aromatic heterocycles. The summed E-state index contributed by atoms with van der Waals surface area (Å²) in [6.45, 7) is 4.72. The van der Waals surface area contributed by atoms with E-state index in [1.165, 1.54) is 0 Å². The second kappa shape index (κ2) is 8.28. The highest BCUT2D eigenvalue weighted by molar-refractivity contribution is 7.08. The molecule has 112 valence electrons. The van der Waals surface area contributed by atoms with Crippen LogP contribution >= 0.6 is 11.5 Å². The summed E-state index contributed by atoms with van der Waals surface area (Å²) in [5.74, 6) is -0.0871. The molecule has 1 amide bonds. The van der Waals surface area contributed by atoms with Crippen molar-refractivity contribution >= 4 is 17.4 Å². The molecular weight excluding hydrogens is 278 g/mol. The summed E-state index contributed by atoms with van der Waals surface area (Å²) in [6, 6.07) is 0. The van der Waals surface area contributed by atoms with E-state index in [0.717, 1.165) is 49.5 Å². The Morgan fingerprint density at radius 3 is 3.25 bits per heavy atom. The van der Waals surface area contributed by atoms with Gasteiger partial charge in [-0.2, -0.15) is 0 Å². The van der Waals surface area contributed by atoms with E-state index >= 15 is 0 Å². The minimum Gasteiger partial charge on any atom is -0.379 e. The summed E-state index contributed by atoms with van der Waals surface area (Å²) >= 11 is 1.15. The second-order valence-corrected chi connectivity index (χ2v) is 5.48. The van der Waals surface area contributed by atoms with Crippen LogP contribution in [0.15, 0.2) is 0 Å². The van der Waals surface area contributed by atoms with Gasteiger partial charge in [-0.3, -0.25) is 4.79 Å². The standard InChI is InChI=1S/C13H21N3O3S/c1-2-11-12(20-16-15-11)13(17)14-6-4-7-18-9-10-5-3-8-19-10/h10H,2-9H2,1H3,(H,14,17). The van der Waals surface area contributed by atoms with E-state index in [0.29, 0.717) is 24.6 Å². The Morgan fingerprint density at radius 2 is 2.50 bits per heavy atom. The van der Waals surface area contributed by atoms with E-state index in [4.69, 9.17) is 9.47 Å². The third-order valence-electron chi connectivity index (χ3n) is 3.18. The van der Waals surface area contributed by atoms with Gasteiger partial charge in [-0.05, 0) is 37.2 Å². The van der Waals surface area contributed by atoms with Gasteiger partial charge in [0, 0.05) is 19.8 Å². The van der Waals surface area contributed by atoms with Gasteiger partial charge in [0.2, 0.25) is 0 Å². The Morgan fingerprint density at radius 1 is 1.60 bits per heavy atom. The van der Waals surface area contributed by atoms with Crippen LogP contribution in [0.4, 0.5) is 0 Å². The molecule has 2 heterocycles. The molecule has 1 aliphatic heterocycles. The molecule has 0 spiro atoms. The summed E-state index contributed by atoms with van der Waals surface area (Å²) in [4.78, 5) is 12.5. The maximum atomic E-state index is 11.9. The molecule has 0 bridgehead atoms. The number of hydrogen-bond donors (Lipinski definition) is 1. The summed E-state index contributed by atoms with van der Waals surface area (Å²) in [6.07, 6.45) is 4.01. The fourth-order valence-corrected chi connectivity index (χ4v) is 2.73. The van der Waals surface area contributed by atoms with Crippen LogP contribution in [-0.2, 0) is 15.9 Å². The fraction of sp³-hybridized carbons (Fsp3) is 0.769. The molecule has 20 heavy (non-hydrogen) atoms.